The average Bonchev–Trinajstić information content (AvgIpc) is 2.78. The van der Waals surface area contributed by atoms with Crippen molar-refractivity contribution in [2.45, 2.75) is 13.0 Å². The molecular formula is C10H12BrN3S. The van der Waals surface area contributed by atoms with Crippen LogP contribution in [0.2, 0.25) is 0 Å². The van der Waals surface area contributed by atoms with Gasteiger partial charge < -0.3 is 10.3 Å². The van der Waals surface area contributed by atoms with Gasteiger partial charge in [-0.3, -0.25) is 0 Å². The quantitative estimate of drug-likeness (QED) is 0.937. The summed E-state index contributed by atoms with van der Waals surface area (Å²) in [7, 11) is 0. The van der Waals surface area contributed by atoms with Crippen molar-refractivity contribution in [2.75, 3.05) is 6.54 Å². The van der Waals surface area contributed by atoms with Crippen LogP contribution >= 0.6 is 27.3 Å². The highest BCUT2D eigenvalue weighted by Gasteiger charge is 2.04. The molecule has 0 spiro atoms. The molecule has 2 aromatic heterocycles. The molecule has 0 aromatic carbocycles. The lowest BCUT2D eigenvalue weighted by molar-refractivity contribution is 0.723. The summed E-state index contributed by atoms with van der Waals surface area (Å²) in [6.07, 6.45) is 4.66. The SMILES string of the molecule is NCCc1nccn1Cc1cc(Br)cs1. The third-order valence-electron chi connectivity index (χ3n) is 2.12. The van der Waals surface area contributed by atoms with E-state index in [2.05, 4.69) is 36.9 Å². The molecule has 0 unspecified atom stereocenters. The van der Waals surface area contributed by atoms with Crippen molar-refractivity contribution in [3.8, 4) is 0 Å². The maximum Gasteiger partial charge on any atom is 0.110 e. The molecule has 0 saturated carbocycles. The summed E-state index contributed by atoms with van der Waals surface area (Å²) in [5.41, 5.74) is 5.53. The van der Waals surface area contributed by atoms with E-state index in [0.717, 1.165) is 23.3 Å². The Morgan fingerprint density at radius 2 is 2.40 bits per heavy atom. The lowest BCUT2D eigenvalue weighted by Gasteiger charge is -2.04. The van der Waals surface area contributed by atoms with Gasteiger partial charge in [-0.1, -0.05) is 0 Å². The third-order valence-corrected chi connectivity index (χ3v) is 3.80. The lowest BCUT2D eigenvalue weighted by Crippen LogP contribution is -2.09. The molecule has 0 saturated heterocycles. The van der Waals surface area contributed by atoms with Crippen LogP contribution in [-0.4, -0.2) is 16.1 Å². The highest BCUT2D eigenvalue weighted by Crippen LogP contribution is 2.20. The molecule has 2 N–H and O–H groups in total. The van der Waals surface area contributed by atoms with Crippen molar-refractivity contribution in [1.29, 1.82) is 0 Å². The van der Waals surface area contributed by atoms with Crippen LogP contribution in [0.15, 0.2) is 28.3 Å². The number of thiophene rings is 1. The lowest BCUT2D eigenvalue weighted by atomic mass is 10.4. The smallest absolute Gasteiger partial charge is 0.110 e. The molecule has 2 aromatic rings. The second kappa shape index (κ2) is 4.92. The number of hydrogen-bond donors (Lipinski definition) is 1. The van der Waals surface area contributed by atoms with Crippen molar-refractivity contribution in [3.63, 3.8) is 0 Å². The van der Waals surface area contributed by atoms with Crippen molar-refractivity contribution in [2.24, 2.45) is 5.73 Å². The minimum atomic E-state index is 0.644. The van der Waals surface area contributed by atoms with E-state index in [9.17, 15) is 0 Å². The number of aromatic nitrogens is 2. The topological polar surface area (TPSA) is 43.8 Å². The standard InChI is InChI=1S/C10H12BrN3S/c11-8-5-9(15-7-8)6-14-4-3-13-10(14)1-2-12/h3-5,7H,1-2,6,12H2. The van der Waals surface area contributed by atoms with E-state index in [1.165, 1.54) is 4.88 Å². The Bertz CT molecular complexity index is 435. The Labute approximate surface area is 101 Å². The van der Waals surface area contributed by atoms with E-state index in [1.54, 1.807) is 11.3 Å². The molecule has 15 heavy (non-hydrogen) atoms. The first-order chi connectivity index (χ1) is 7.29. The minimum Gasteiger partial charge on any atom is -0.330 e. The Morgan fingerprint density at radius 3 is 3.07 bits per heavy atom. The van der Waals surface area contributed by atoms with Crippen LogP contribution in [0, 0.1) is 0 Å². The fourth-order valence-electron chi connectivity index (χ4n) is 1.45. The Morgan fingerprint density at radius 1 is 1.53 bits per heavy atom. The van der Waals surface area contributed by atoms with Gasteiger partial charge in [0.25, 0.3) is 0 Å². The molecule has 3 nitrogen and oxygen atoms in total. The molecule has 5 heteroatoms. The molecule has 0 amide bonds. The van der Waals surface area contributed by atoms with Crippen molar-refractivity contribution >= 4 is 27.3 Å². The zero-order valence-corrected chi connectivity index (χ0v) is 10.6. The molecule has 0 aliphatic rings. The van der Waals surface area contributed by atoms with E-state index in [1.807, 2.05) is 12.4 Å². The van der Waals surface area contributed by atoms with Crippen molar-refractivity contribution in [1.82, 2.24) is 9.55 Å². The minimum absolute atomic E-state index is 0.644. The number of nitrogens with zero attached hydrogens (tertiary/aromatic N) is 2. The van der Waals surface area contributed by atoms with Crippen LogP contribution in [0.25, 0.3) is 0 Å². The maximum atomic E-state index is 5.53. The van der Waals surface area contributed by atoms with E-state index in [-0.39, 0.29) is 0 Å². The number of nitrogens with two attached hydrogens (primary N) is 1. The number of halogens is 1. The summed E-state index contributed by atoms with van der Waals surface area (Å²) in [5, 5.41) is 2.09. The number of rotatable bonds is 4. The van der Waals surface area contributed by atoms with Gasteiger partial charge in [0.1, 0.15) is 5.82 Å². The molecule has 0 aliphatic heterocycles. The first kappa shape index (κ1) is 10.9. The molecule has 0 atom stereocenters. The Balaban J connectivity index is 2.13. The average molecular weight is 286 g/mol. The van der Waals surface area contributed by atoms with Gasteiger partial charge in [0.2, 0.25) is 0 Å². The molecule has 2 rings (SSSR count). The normalized spacial score (nSPS) is 10.8. The van der Waals surface area contributed by atoms with Crippen LogP contribution < -0.4 is 5.73 Å². The molecule has 0 aliphatic carbocycles. The fourth-order valence-corrected chi connectivity index (χ4v) is 2.89. The molecule has 2 heterocycles. The van der Waals surface area contributed by atoms with Crippen LogP contribution in [-0.2, 0) is 13.0 Å². The van der Waals surface area contributed by atoms with E-state index >= 15 is 0 Å². The Hall–Kier alpha value is -0.650. The molecule has 0 fully saturated rings. The highest BCUT2D eigenvalue weighted by atomic mass is 79.9. The van der Waals surface area contributed by atoms with Gasteiger partial charge in [-0.25, -0.2) is 4.98 Å². The first-order valence-electron chi connectivity index (χ1n) is 4.72. The highest BCUT2D eigenvalue weighted by molar-refractivity contribution is 9.10. The van der Waals surface area contributed by atoms with Crippen molar-refractivity contribution < 1.29 is 0 Å². The summed E-state index contributed by atoms with van der Waals surface area (Å²) in [5.74, 6) is 1.06. The molecule has 80 valence electrons. The summed E-state index contributed by atoms with van der Waals surface area (Å²) >= 11 is 5.20. The van der Waals surface area contributed by atoms with Crippen LogP contribution in [0.5, 0.6) is 0 Å². The summed E-state index contributed by atoms with van der Waals surface area (Å²) in [4.78, 5) is 5.60. The number of hydrogen-bond acceptors (Lipinski definition) is 3. The second-order valence-corrected chi connectivity index (χ2v) is 5.15. The first-order valence-corrected chi connectivity index (χ1v) is 6.40. The maximum absolute atomic E-state index is 5.53. The van der Waals surface area contributed by atoms with Gasteiger partial charge in [0.15, 0.2) is 0 Å². The van der Waals surface area contributed by atoms with Crippen LogP contribution in [0.4, 0.5) is 0 Å². The van der Waals surface area contributed by atoms with E-state index in [4.69, 9.17) is 5.73 Å². The van der Waals surface area contributed by atoms with Gasteiger partial charge in [-0.15, -0.1) is 11.3 Å². The van der Waals surface area contributed by atoms with Crippen LogP contribution in [0.1, 0.15) is 10.7 Å². The summed E-state index contributed by atoms with van der Waals surface area (Å²) < 4.78 is 3.29. The Kier molecular flexibility index (Phi) is 3.56. The molecule has 0 bridgehead atoms. The van der Waals surface area contributed by atoms with Gasteiger partial charge in [0.05, 0.1) is 6.54 Å². The van der Waals surface area contributed by atoms with Crippen LogP contribution in [0.3, 0.4) is 0 Å². The zero-order valence-electron chi connectivity index (χ0n) is 8.19. The molecular weight excluding hydrogens is 274 g/mol. The second-order valence-electron chi connectivity index (χ2n) is 3.24. The summed E-state index contributed by atoms with van der Waals surface area (Å²) in [6.45, 7) is 1.52. The van der Waals surface area contributed by atoms with E-state index < -0.39 is 0 Å². The fraction of sp³-hybridized carbons (Fsp3) is 0.300. The van der Waals surface area contributed by atoms with Gasteiger partial charge in [0, 0.05) is 33.5 Å². The third kappa shape index (κ3) is 2.68. The van der Waals surface area contributed by atoms with Gasteiger partial charge >= 0.3 is 0 Å². The van der Waals surface area contributed by atoms with Gasteiger partial charge in [-0.2, -0.15) is 0 Å². The van der Waals surface area contributed by atoms with Crippen molar-refractivity contribution in [3.05, 3.63) is 39.0 Å². The predicted molar refractivity (Wildman–Crippen MR) is 66.1 cm³/mol. The largest absolute Gasteiger partial charge is 0.330 e. The predicted octanol–water partition coefficient (Wildman–Crippen LogP) is 2.26. The molecule has 0 radical (unpaired) electrons. The summed E-state index contributed by atoms with van der Waals surface area (Å²) in [6, 6.07) is 2.14. The van der Waals surface area contributed by atoms with E-state index in [0.29, 0.717) is 6.54 Å². The zero-order chi connectivity index (χ0) is 10.7. The van der Waals surface area contributed by atoms with Gasteiger partial charge in [-0.05, 0) is 28.5 Å². The number of imidazole rings is 1. The monoisotopic (exact) mass is 285 g/mol.